The molecule has 2 saturated heterocycles. The quantitative estimate of drug-likeness (QED) is 0.645. The lowest BCUT2D eigenvalue weighted by Crippen LogP contribution is -2.73. The summed E-state index contributed by atoms with van der Waals surface area (Å²) in [4.78, 5) is 30.0. The average Bonchev–Trinajstić information content (AvgIpc) is 2.32. The van der Waals surface area contributed by atoms with Gasteiger partial charge >= 0.3 is 11.8 Å². The number of hydrogen-bond donors (Lipinski definition) is 1. The Balaban J connectivity index is 1.55. The van der Waals surface area contributed by atoms with Gasteiger partial charge in [0.2, 0.25) is 5.82 Å². The van der Waals surface area contributed by atoms with Gasteiger partial charge < -0.3 is 20.3 Å². The number of nitrogens with two attached hydrogens (primary N) is 1. The summed E-state index contributed by atoms with van der Waals surface area (Å²) in [6, 6.07) is 2.97. The summed E-state index contributed by atoms with van der Waals surface area (Å²) in [5.74, 6) is 0.543. The Labute approximate surface area is 139 Å². The second kappa shape index (κ2) is 5.22. The van der Waals surface area contributed by atoms with Crippen LogP contribution >= 0.6 is 0 Å². The van der Waals surface area contributed by atoms with Crippen LogP contribution in [0.1, 0.15) is 20.8 Å². The normalized spacial score (nSPS) is 18.8. The van der Waals surface area contributed by atoms with Crippen LogP contribution in [0.4, 0.5) is 22.1 Å². The maximum Gasteiger partial charge on any atom is 0.410 e. The number of anilines is 2. The fourth-order valence-electron chi connectivity index (χ4n) is 3.13. The minimum atomic E-state index is -0.547. The van der Waals surface area contributed by atoms with Gasteiger partial charge in [0.15, 0.2) is 0 Å². The van der Waals surface area contributed by atoms with Crippen molar-refractivity contribution >= 4 is 23.4 Å². The maximum absolute atomic E-state index is 12.0. The molecular weight excluding hydrogens is 314 g/mol. The molecule has 130 valence electrons. The van der Waals surface area contributed by atoms with Crippen molar-refractivity contribution in [2.24, 2.45) is 5.41 Å². The highest BCUT2D eigenvalue weighted by Gasteiger charge is 2.54. The Morgan fingerprint density at radius 3 is 2.46 bits per heavy atom. The molecule has 9 nitrogen and oxygen atoms in total. The number of ether oxygens (including phenoxy) is 1. The zero-order chi connectivity index (χ0) is 17.7. The second-order valence-corrected chi connectivity index (χ2v) is 7.52. The number of carbonyl (C=O) groups excluding carboxylic acids is 1. The van der Waals surface area contributed by atoms with E-state index >= 15 is 0 Å². The van der Waals surface area contributed by atoms with Crippen LogP contribution in [0.3, 0.4) is 0 Å². The van der Waals surface area contributed by atoms with E-state index in [0.717, 1.165) is 13.1 Å². The fraction of sp³-hybridized carbons (Fsp3) is 0.600. The van der Waals surface area contributed by atoms with E-state index in [-0.39, 0.29) is 23.0 Å². The van der Waals surface area contributed by atoms with Crippen molar-refractivity contribution in [3.63, 3.8) is 0 Å². The molecule has 1 aromatic rings. The zero-order valence-electron chi connectivity index (χ0n) is 14.0. The van der Waals surface area contributed by atoms with Crippen molar-refractivity contribution < 1.29 is 14.5 Å². The molecule has 0 aromatic carbocycles. The van der Waals surface area contributed by atoms with Crippen molar-refractivity contribution in [2.45, 2.75) is 26.4 Å². The number of likely N-dealkylation sites (tertiary alicyclic amines) is 1. The highest BCUT2D eigenvalue weighted by Crippen LogP contribution is 2.42. The van der Waals surface area contributed by atoms with E-state index in [2.05, 4.69) is 4.98 Å². The molecule has 1 spiro atoms. The largest absolute Gasteiger partial charge is 0.444 e. The number of nitrogen functional groups attached to an aromatic ring is 1. The van der Waals surface area contributed by atoms with Crippen molar-refractivity contribution in [1.29, 1.82) is 0 Å². The minimum absolute atomic E-state index is 0.0646. The summed E-state index contributed by atoms with van der Waals surface area (Å²) >= 11 is 0. The number of aromatic nitrogens is 1. The van der Waals surface area contributed by atoms with Gasteiger partial charge in [-0.25, -0.2) is 9.78 Å². The maximum atomic E-state index is 12.0. The van der Waals surface area contributed by atoms with Crippen molar-refractivity contribution in [3.05, 3.63) is 22.2 Å². The lowest BCUT2D eigenvalue weighted by Gasteiger charge is -2.60. The van der Waals surface area contributed by atoms with E-state index in [1.54, 1.807) is 11.0 Å². The average molecular weight is 335 g/mol. The first kappa shape index (κ1) is 16.3. The molecule has 0 aliphatic carbocycles. The highest BCUT2D eigenvalue weighted by molar-refractivity contribution is 5.70. The minimum Gasteiger partial charge on any atom is -0.444 e. The first-order chi connectivity index (χ1) is 11.1. The summed E-state index contributed by atoms with van der Waals surface area (Å²) < 4.78 is 5.35. The highest BCUT2D eigenvalue weighted by atomic mass is 16.6. The number of amides is 1. The van der Waals surface area contributed by atoms with Crippen LogP contribution in [0.5, 0.6) is 0 Å². The molecule has 24 heavy (non-hydrogen) atoms. The van der Waals surface area contributed by atoms with Gasteiger partial charge in [-0.1, -0.05) is 0 Å². The predicted molar refractivity (Wildman–Crippen MR) is 87.8 cm³/mol. The zero-order valence-corrected chi connectivity index (χ0v) is 14.0. The summed E-state index contributed by atoms with van der Waals surface area (Å²) in [6.45, 7) is 8.33. The van der Waals surface area contributed by atoms with Crippen molar-refractivity contribution in [3.8, 4) is 0 Å². The van der Waals surface area contributed by atoms with E-state index in [4.69, 9.17) is 10.5 Å². The Kier molecular flexibility index (Phi) is 3.54. The lowest BCUT2D eigenvalue weighted by atomic mass is 9.73. The van der Waals surface area contributed by atoms with Gasteiger partial charge in [-0.3, -0.25) is 10.1 Å². The van der Waals surface area contributed by atoms with Crippen LogP contribution < -0.4 is 10.6 Å². The van der Waals surface area contributed by atoms with Crippen LogP contribution in [-0.4, -0.2) is 52.7 Å². The van der Waals surface area contributed by atoms with Gasteiger partial charge in [-0.2, -0.15) is 0 Å². The summed E-state index contributed by atoms with van der Waals surface area (Å²) in [7, 11) is 0. The smallest absolute Gasteiger partial charge is 0.410 e. The van der Waals surface area contributed by atoms with Gasteiger partial charge in [-0.15, -0.1) is 0 Å². The SMILES string of the molecule is CC(C)(C)OC(=O)N1CC2(C1)CN(c1ccc([N+](=O)[O-])c(N)n1)C2. The van der Waals surface area contributed by atoms with Crippen LogP contribution in [0, 0.1) is 15.5 Å². The monoisotopic (exact) mass is 335 g/mol. The van der Waals surface area contributed by atoms with Crippen LogP contribution in [0.25, 0.3) is 0 Å². The first-order valence-electron chi connectivity index (χ1n) is 7.72. The van der Waals surface area contributed by atoms with Gasteiger partial charge in [0.1, 0.15) is 11.4 Å². The molecule has 0 atom stereocenters. The molecular formula is C15H21N5O4. The molecule has 2 fully saturated rings. The number of nitro groups is 1. The molecule has 3 rings (SSSR count). The van der Waals surface area contributed by atoms with E-state index in [1.807, 2.05) is 25.7 Å². The number of hydrogen-bond acceptors (Lipinski definition) is 7. The Hall–Kier alpha value is -2.58. The summed E-state index contributed by atoms with van der Waals surface area (Å²) in [5, 5.41) is 10.8. The van der Waals surface area contributed by atoms with Gasteiger partial charge in [0, 0.05) is 37.7 Å². The van der Waals surface area contributed by atoms with Crippen LogP contribution in [-0.2, 0) is 4.74 Å². The van der Waals surface area contributed by atoms with E-state index in [1.165, 1.54) is 6.07 Å². The molecule has 1 aromatic heterocycles. The third-order valence-electron chi connectivity index (χ3n) is 4.17. The van der Waals surface area contributed by atoms with E-state index < -0.39 is 10.5 Å². The first-order valence-corrected chi connectivity index (χ1v) is 7.72. The third-order valence-corrected chi connectivity index (χ3v) is 4.17. The van der Waals surface area contributed by atoms with E-state index in [9.17, 15) is 14.9 Å². The molecule has 0 unspecified atom stereocenters. The summed E-state index contributed by atoms with van der Waals surface area (Å²) in [5.41, 5.74) is 5.01. The van der Waals surface area contributed by atoms with Gasteiger partial charge in [-0.05, 0) is 26.8 Å². The Morgan fingerprint density at radius 2 is 1.96 bits per heavy atom. The molecule has 9 heteroatoms. The van der Waals surface area contributed by atoms with Crippen molar-refractivity contribution in [1.82, 2.24) is 9.88 Å². The second-order valence-electron chi connectivity index (χ2n) is 7.52. The molecule has 2 aliphatic rings. The number of pyridine rings is 1. The Bertz CT molecular complexity index is 686. The van der Waals surface area contributed by atoms with Crippen LogP contribution in [0.15, 0.2) is 12.1 Å². The van der Waals surface area contributed by atoms with E-state index in [0.29, 0.717) is 18.9 Å². The summed E-state index contributed by atoms with van der Waals surface area (Å²) in [6.07, 6.45) is -0.288. The molecule has 2 N–H and O–H groups in total. The molecule has 0 saturated carbocycles. The van der Waals surface area contributed by atoms with Gasteiger partial charge in [0.05, 0.1) is 4.92 Å². The molecule has 1 amide bonds. The topological polar surface area (TPSA) is 115 Å². The number of nitrogens with zero attached hydrogens (tertiary/aromatic N) is 4. The molecule has 0 bridgehead atoms. The predicted octanol–water partition coefficient (Wildman–Crippen LogP) is 1.63. The molecule has 3 heterocycles. The number of carbonyl (C=O) groups is 1. The van der Waals surface area contributed by atoms with Crippen molar-refractivity contribution in [2.75, 3.05) is 36.8 Å². The number of rotatable bonds is 2. The van der Waals surface area contributed by atoms with Crippen LogP contribution in [0.2, 0.25) is 0 Å². The third kappa shape index (κ3) is 2.93. The fourth-order valence-corrected chi connectivity index (χ4v) is 3.13. The van der Waals surface area contributed by atoms with Gasteiger partial charge in [0.25, 0.3) is 0 Å². The molecule has 2 aliphatic heterocycles. The standard InChI is InChI=1S/C15H21N5O4/c1-14(2,3)24-13(21)19-8-15(9-19)6-18(7-15)11-5-4-10(20(22)23)12(16)17-11/h4-5H,6-9H2,1-3H3,(H2,16,17). The lowest BCUT2D eigenvalue weighted by molar-refractivity contribution is -0.384. The molecule has 0 radical (unpaired) electrons. The Morgan fingerprint density at radius 1 is 1.33 bits per heavy atom.